The van der Waals surface area contributed by atoms with Gasteiger partial charge in [-0.15, -0.1) is 0 Å². The van der Waals surface area contributed by atoms with Gasteiger partial charge in [0.2, 0.25) is 0 Å². The molecule has 1 aromatic rings. The van der Waals surface area contributed by atoms with E-state index >= 15 is 0 Å². The minimum atomic E-state index is -0.734. The van der Waals surface area contributed by atoms with Crippen molar-refractivity contribution < 1.29 is 24.1 Å². The molecule has 1 aromatic carbocycles. The monoisotopic (exact) mass is 280 g/mol. The van der Waals surface area contributed by atoms with E-state index in [-0.39, 0.29) is 12.4 Å². The Labute approximate surface area is 118 Å². The summed E-state index contributed by atoms with van der Waals surface area (Å²) in [5, 5.41) is 9.89. The molecule has 1 rings (SSSR count). The predicted molar refractivity (Wildman–Crippen MR) is 75.8 cm³/mol. The van der Waals surface area contributed by atoms with Crippen LogP contribution in [0.1, 0.15) is 18.9 Å². The largest absolute Gasteiger partial charge is 0.497 e. The van der Waals surface area contributed by atoms with Gasteiger partial charge in [-0.3, -0.25) is 4.79 Å². The average molecular weight is 280 g/mol. The van der Waals surface area contributed by atoms with Crippen molar-refractivity contribution in [3.63, 3.8) is 0 Å². The van der Waals surface area contributed by atoms with Crippen LogP contribution >= 0.6 is 0 Å². The van der Waals surface area contributed by atoms with E-state index in [9.17, 15) is 9.90 Å². The van der Waals surface area contributed by atoms with Gasteiger partial charge < -0.3 is 19.3 Å². The number of benzene rings is 1. The standard InChI is InChI=1S/C15H20O5/c1-10(16)12(7-8-15(17)20-4)13-6-5-11(18-2)9-14(13)19-3/h5-7,9-10,16H,8H2,1-4H3/b12-7-. The van der Waals surface area contributed by atoms with Gasteiger partial charge in [-0.1, -0.05) is 6.08 Å². The Morgan fingerprint density at radius 3 is 2.50 bits per heavy atom. The summed E-state index contributed by atoms with van der Waals surface area (Å²) in [5.41, 5.74) is 1.32. The van der Waals surface area contributed by atoms with Crippen molar-refractivity contribution in [2.45, 2.75) is 19.4 Å². The van der Waals surface area contributed by atoms with E-state index in [4.69, 9.17) is 9.47 Å². The lowest BCUT2D eigenvalue weighted by atomic mass is 9.99. The molecule has 0 heterocycles. The van der Waals surface area contributed by atoms with Gasteiger partial charge in [0.1, 0.15) is 11.5 Å². The van der Waals surface area contributed by atoms with Crippen molar-refractivity contribution in [1.29, 1.82) is 0 Å². The molecule has 0 fully saturated rings. The number of carbonyl (C=O) groups excluding carboxylic acids is 1. The Bertz CT molecular complexity index is 491. The highest BCUT2D eigenvalue weighted by atomic mass is 16.5. The molecule has 0 bridgehead atoms. The number of hydrogen-bond donors (Lipinski definition) is 1. The molecule has 110 valence electrons. The molecule has 0 spiro atoms. The van der Waals surface area contributed by atoms with E-state index in [1.54, 1.807) is 38.3 Å². The maximum absolute atomic E-state index is 11.2. The number of aliphatic hydroxyl groups excluding tert-OH is 1. The maximum Gasteiger partial charge on any atom is 0.309 e. The SMILES string of the molecule is COC(=O)C/C=C(\c1ccc(OC)cc1OC)C(C)O. The van der Waals surface area contributed by atoms with Crippen LogP contribution in [0, 0.1) is 0 Å². The molecule has 5 heteroatoms. The van der Waals surface area contributed by atoms with E-state index in [0.717, 1.165) is 0 Å². The number of methoxy groups -OCH3 is 3. The smallest absolute Gasteiger partial charge is 0.309 e. The van der Waals surface area contributed by atoms with Crippen molar-refractivity contribution in [1.82, 2.24) is 0 Å². The van der Waals surface area contributed by atoms with E-state index in [2.05, 4.69) is 4.74 Å². The molecule has 1 unspecified atom stereocenters. The fourth-order valence-corrected chi connectivity index (χ4v) is 1.82. The minimum absolute atomic E-state index is 0.0892. The average Bonchev–Trinajstić information content (AvgIpc) is 2.46. The number of esters is 1. The topological polar surface area (TPSA) is 65.0 Å². The Morgan fingerprint density at radius 2 is 2.00 bits per heavy atom. The van der Waals surface area contributed by atoms with Crippen LogP contribution in [0.2, 0.25) is 0 Å². The van der Waals surface area contributed by atoms with Gasteiger partial charge in [-0.05, 0) is 24.6 Å². The molecule has 0 saturated carbocycles. The summed E-state index contributed by atoms with van der Waals surface area (Å²) in [6, 6.07) is 5.28. The second-order valence-electron chi connectivity index (χ2n) is 4.18. The Balaban J connectivity index is 3.18. The first-order chi connectivity index (χ1) is 9.53. The van der Waals surface area contributed by atoms with E-state index in [0.29, 0.717) is 22.6 Å². The molecule has 0 aromatic heterocycles. The highest BCUT2D eigenvalue weighted by Crippen LogP contribution is 2.32. The van der Waals surface area contributed by atoms with E-state index in [1.807, 2.05) is 0 Å². The first-order valence-electron chi connectivity index (χ1n) is 6.20. The molecular weight excluding hydrogens is 260 g/mol. The maximum atomic E-state index is 11.2. The molecule has 0 radical (unpaired) electrons. The van der Waals surface area contributed by atoms with Crippen LogP contribution in [0.15, 0.2) is 24.3 Å². The Hall–Kier alpha value is -2.01. The van der Waals surface area contributed by atoms with Crippen LogP contribution in [0.4, 0.5) is 0 Å². The summed E-state index contributed by atoms with van der Waals surface area (Å²) in [7, 11) is 4.43. The molecule has 5 nitrogen and oxygen atoms in total. The van der Waals surface area contributed by atoms with Crippen LogP contribution < -0.4 is 9.47 Å². The molecular formula is C15H20O5. The summed E-state index contributed by atoms with van der Waals surface area (Å²) < 4.78 is 15.0. The summed E-state index contributed by atoms with van der Waals surface area (Å²) in [6.07, 6.45) is 0.995. The molecule has 0 aliphatic heterocycles. The summed E-state index contributed by atoms with van der Waals surface area (Å²) in [5.74, 6) is 0.862. The zero-order chi connectivity index (χ0) is 15.1. The Morgan fingerprint density at radius 1 is 1.30 bits per heavy atom. The van der Waals surface area contributed by atoms with Crippen molar-refractivity contribution in [2.75, 3.05) is 21.3 Å². The van der Waals surface area contributed by atoms with Crippen LogP contribution in [0.25, 0.3) is 5.57 Å². The minimum Gasteiger partial charge on any atom is -0.497 e. The van der Waals surface area contributed by atoms with Crippen LogP contribution in [-0.4, -0.2) is 38.5 Å². The number of rotatable bonds is 6. The fraction of sp³-hybridized carbons (Fsp3) is 0.400. The summed E-state index contributed by atoms with van der Waals surface area (Å²) >= 11 is 0. The third kappa shape index (κ3) is 3.99. The quantitative estimate of drug-likeness (QED) is 0.808. The number of hydrogen-bond acceptors (Lipinski definition) is 5. The first-order valence-corrected chi connectivity index (χ1v) is 6.20. The lowest BCUT2D eigenvalue weighted by Gasteiger charge is -2.15. The van der Waals surface area contributed by atoms with Gasteiger partial charge >= 0.3 is 5.97 Å². The molecule has 20 heavy (non-hydrogen) atoms. The van der Waals surface area contributed by atoms with E-state index in [1.165, 1.54) is 14.2 Å². The lowest BCUT2D eigenvalue weighted by Crippen LogP contribution is -2.07. The van der Waals surface area contributed by atoms with Gasteiger partial charge in [0, 0.05) is 11.6 Å². The summed E-state index contributed by atoms with van der Waals surface area (Å²) in [4.78, 5) is 11.2. The highest BCUT2D eigenvalue weighted by molar-refractivity contribution is 5.78. The van der Waals surface area contributed by atoms with Crippen LogP contribution in [-0.2, 0) is 9.53 Å². The van der Waals surface area contributed by atoms with Gasteiger partial charge in [-0.25, -0.2) is 0 Å². The second-order valence-corrected chi connectivity index (χ2v) is 4.18. The predicted octanol–water partition coefficient (Wildman–Crippen LogP) is 2.03. The van der Waals surface area contributed by atoms with Crippen molar-refractivity contribution in [2.24, 2.45) is 0 Å². The van der Waals surface area contributed by atoms with Gasteiger partial charge in [0.25, 0.3) is 0 Å². The van der Waals surface area contributed by atoms with Crippen molar-refractivity contribution in [3.05, 3.63) is 29.8 Å². The van der Waals surface area contributed by atoms with Crippen molar-refractivity contribution in [3.8, 4) is 11.5 Å². The fourth-order valence-electron chi connectivity index (χ4n) is 1.82. The van der Waals surface area contributed by atoms with Gasteiger partial charge in [0.05, 0.1) is 33.9 Å². The number of aliphatic hydroxyl groups is 1. The highest BCUT2D eigenvalue weighted by Gasteiger charge is 2.14. The third-order valence-corrected chi connectivity index (χ3v) is 2.89. The molecule has 0 amide bonds. The second kappa shape index (κ2) is 7.55. The normalized spacial score (nSPS) is 12.8. The molecule has 1 N–H and O–H groups in total. The zero-order valence-electron chi connectivity index (χ0n) is 12.2. The molecule has 0 saturated heterocycles. The molecule has 0 aliphatic carbocycles. The lowest BCUT2D eigenvalue weighted by molar-refractivity contribution is -0.139. The van der Waals surface area contributed by atoms with E-state index < -0.39 is 6.10 Å². The zero-order valence-corrected chi connectivity index (χ0v) is 12.2. The van der Waals surface area contributed by atoms with Gasteiger partial charge in [-0.2, -0.15) is 0 Å². The summed E-state index contributed by atoms with van der Waals surface area (Å²) in [6.45, 7) is 1.63. The molecule has 0 aliphatic rings. The third-order valence-electron chi connectivity index (χ3n) is 2.89. The van der Waals surface area contributed by atoms with Gasteiger partial charge in [0.15, 0.2) is 0 Å². The van der Waals surface area contributed by atoms with Crippen LogP contribution in [0.5, 0.6) is 11.5 Å². The number of ether oxygens (including phenoxy) is 3. The Kier molecular flexibility index (Phi) is 6.06. The molecule has 1 atom stereocenters. The first kappa shape index (κ1) is 16.0. The number of carbonyl (C=O) groups is 1. The van der Waals surface area contributed by atoms with Crippen LogP contribution in [0.3, 0.4) is 0 Å². The van der Waals surface area contributed by atoms with Crippen molar-refractivity contribution >= 4 is 11.5 Å².